The Hall–Kier alpha value is -1.48. The molecule has 3 nitrogen and oxygen atoms in total. The fourth-order valence-electron chi connectivity index (χ4n) is 1.43. The molecule has 0 fully saturated rings. The zero-order chi connectivity index (χ0) is 10.7. The third-order valence-electron chi connectivity index (χ3n) is 2.30. The summed E-state index contributed by atoms with van der Waals surface area (Å²) < 4.78 is 1.93. The number of benzene rings is 1. The average Bonchev–Trinajstić information content (AvgIpc) is 2.63. The number of halogens is 1. The van der Waals surface area contributed by atoms with Crippen molar-refractivity contribution in [3.05, 3.63) is 47.2 Å². The quantitative estimate of drug-likeness (QED) is 0.865. The molecule has 0 aliphatic rings. The summed E-state index contributed by atoms with van der Waals surface area (Å²) in [5.41, 5.74) is 6.90. The lowest BCUT2D eigenvalue weighted by Crippen LogP contribution is -2.04. The van der Waals surface area contributed by atoms with Crippen LogP contribution in [0.3, 0.4) is 0 Å². The number of hydrogen-bond donors (Lipinski definition) is 1. The van der Waals surface area contributed by atoms with Gasteiger partial charge in [-0.2, -0.15) is 0 Å². The Kier molecular flexibility index (Phi) is 2.92. The van der Waals surface area contributed by atoms with Crippen LogP contribution in [0.5, 0.6) is 0 Å². The van der Waals surface area contributed by atoms with Gasteiger partial charge in [-0.3, -0.25) is 0 Å². The van der Waals surface area contributed by atoms with Crippen molar-refractivity contribution in [1.29, 1.82) is 0 Å². The Bertz CT molecular complexity index is 433. The number of aryl methyl sites for hydroxylation is 2. The summed E-state index contributed by atoms with van der Waals surface area (Å²) in [7, 11) is 0. The molecular weight excluding hydrogens is 210 g/mol. The van der Waals surface area contributed by atoms with E-state index in [9.17, 15) is 0 Å². The molecule has 15 heavy (non-hydrogen) atoms. The highest BCUT2D eigenvalue weighted by Crippen LogP contribution is 2.11. The second kappa shape index (κ2) is 4.36. The largest absolute Gasteiger partial charge is 0.369 e. The molecule has 0 bridgehead atoms. The zero-order valence-corrected chi connectivity index (χ0v) is 8.98. The number of anilines is 1. The highest BCUT2D eigenvalue weighted by atomic mass is 35.5. The summed E-state index contributed by atoms with van der Waals surface area (Å²) in [4.78, 5) is 3.96. The third kappa shape index (κ3) is 2.50. The Morgan fingerprint density at radius 1 is 1.27 bits per heavy atom. The number of hydrogen-bond acceptors (Lipinski definition) is 2. The first-order chi connectivity index (χ1) is 7.25. The fraction of sp³-hybridized carbons (Fsp3) is 0.182. The van der Waals surface area contributed by atoms with E-state index in [1.807, 2.05) is 35.0 Å². The van der Waals surface area contributed by atoms with Crippen LogP contribution in [-0.2, 0) is 13.0 Å². The van der Waals surface area contributed by atoms with Crippen LogP contribution in [0.4, 0.5) is 5.95 Å². The molecule has 0 unspecified atom stereocenters. The predicted molar refractivity (Wildman–Crippen MR) is 61.8 cm³/mol. The summed E-state index contributed by atoms with van der Waals surface area (Å²) >= 11 is 5.80. The van der Waals surface area contributed by atoms with Gasteiger partial charge in [-0.05, 0) is 24.1 Å². The van der Waals surface area contributed by atoms with E-state index in [1.54, 1.807) is 6.20 Å². The lowest BCUT2D eigenvalue weighted by atomic mass is 10.1. The van der Waals surface area contributed by atoms with Gasteiger partial charge in [0.1, 0.15) is 0 Å². The number of rotatable bonds is 3. The van der Waals surface area contributed by atoms with Crippen molar-refractivity contribution in [2.24, 2.45) is 0 Å². The first-order valence-corrected chi connectivity index (χ1v) is 5.14. The standard InChI is InChI=1S/C11H12ClN3/c12-10-3-1-9(2-4-10)5-7-15-8-6-14-11(15)13/h1-4,6,8H,5,7H2,(H2,13,14). The van der Waals surface area contributed by atoms with Gasteiger partial charge in [-0.15, -0.1) is 0 Å². The maximum atomic E-state index is 5.80. The topological polar surface area (TPSA) is 43.8 Å². The van der Waals surface area contributed by atoms with Gasteiger partial charge < -0.3 is 10.3 Å². The van der Waals surface area contributed by atoms with Gasteiger partial charge in [0.15, 0.2) is 5.95 Å². The molecule has 78 valence electrons. The van der Waals surface area contributed by atoms with Crippen molar-refractivity contribution in [2.45, 2.75) is 13.0 Å². The molecule has 0 radical (unpaired) electrons. The summed E-state index contributed by atoms with van der Waals surface area (Å²) in [5.74, 6) is 0.559. The third-order valence-corrected chi connectivity index (χ3v) is 2.55. The lowest BCUT2D eigenvalue weighted by molar-refractivity contribution is 0.706. The molecule has 1 heterocycles. The summed E-state index contributed by atoms with van der Waals surface area (Å²) in [5, 5.41) is 0.765. The van der Waals surface area contributed by atoms with Gasteiger partial charge in [0.2, 0.25) is 0 Å². The second-order valence-electron chi connectivity index (χ2n) is 3.36. The van der Waals surface area contributed by atoms with Gasteiger partial charge in [0, 0.05) is 24.0 Å². The Balaban J connectivity index is 1.99. The minimum absolute atomic E-state index is 0.559. The maximum absolute atomic E-state index is 5.80. The smallest absolute Gasteiger partial charge is 0.200 e. The molecule has 0 amide bonds. The summed E-state index contributed by atoms with van der Waals surface area (Å²) in [6.45, 7) is 0.841. The van der Waals surface area contributed by atoms with Crippen LogP contribution in [0.15, 0.2) is 36.7 Å². The molecule has 4 heteroatoms. The Labute approximate surface area is 93.5 Å². The van der Waals surface area contributed by atoms with Crippen molar-refractivity contribution in [1.82, 2.24) is 9.55 Å². The Morgan fingerprint density at radius 3 is 2.60 bits per heavy atom. The molecular formula is C11H12ClN3. The number of nitrogens with zero attached hydrogens (tertiary/aromatic N) is 2. The molecule has 0 aliphatic heterocycles. The van der Waals surface area contributed by atoms with E-state index >= 15 is 0 Å². The summed E-state index contributed by atoms with van der Waals surface area (Å²) in [6, 6.07) is 7.84. The van der Waals surface area contributed by atoms with E-state index in [0.717, 1.165) is 18.0 Å². The molecule has 2 rings (SSSR count). The van der Waals surface area contributed by atoms with Gasteiger partial charge in [0.05, 0.1) is 0 Å². The zero-order valence-electron chi connectivity index (χ0n) is 8.23. The van der Waals surface area contributed by atoms with Crippen molar-refractivity contribution < 1.29 is 0 Å². The SMILES string of the molecule is Nc1nccn1CCc1ccc(Cl)cc1. The second-order valence-corrected chi connectivity index (χ2v) is 3.79. The van der Waals surface area contributed by atoms with Gasteiger partial charge >= 0.3 is 0 Å². The van der Waals surface area contributed by atoms with E-state index in [0.29, 0.717) is 5.95 Å². The normalized spacial score (nSPS) is 10.5. The number of imidazole rings is 1. The predicted octanol–water partition coefficient (Wildman–Crippen LogP) is 2.36. The molecule has 0 aliphatic carbocycles. The van der Waals surface area contributed by atoms with Crippen LogP contribution >= 0.6 is 11.6 Å². The van der Waals surface area contributed by atoms with Crippen LogP contribution in [0.1, 0.15) is 5.56 Å². The molecule has 0 saturated carbocycles. The number of nitrogens with two attached hydrogens (primary N) is 1. The summed E-state index contributed by atoms with van der Waals surface area (Å²) in [6.07, 6.45) is 4.51. The van der Waals surface area contributed by atoms with Crippen molar-refractivity contribution >= 4 is 17.5 Å². The van der Waals surface area contributed by atoms with Gasteiger partial charge in [-0.1, -0.05) is 23.7 Å². The van der Waals surface area contributed by atoms with Crippen molar-refractivity contribution in [3.63, 3.8) is 0 Å². The first kappa shape index (κ1) is 10.1. The first-order valence-electron chi connectivity index (χ1n) is 4.77. The van der Waals surface area contributed by atoms with Crippen molar-refractivity contribution in [2.75, 3.05) is 5.73 Å². The molecule has 0 atom stereocenters. The van der Waals surface area contributed by atoms with Crippen LogP contribution in [0, 0.1) is 0 Å². The highest BCUT2D eigenvalue weighted by Gasteiger charge is 1.98. The molecule has 2 N–H and O–H groups in total. The van der Waals surface area contributed by atoms with E-state index in [-0.39, 0.29) is 0 Å². The fourth-order valence-corrected chi connectivity index (χ4v) is 1.56. The molecule has 0 saturated heterocycles. The number of nitrogen functional groups attached to an aromatic ring is 1. The molecule has 1 aromatic carbocycles. The van der Waals surface area contributed by atoms with E-state index in [2.05, 4.69) is 4.98 Å². The maximum Gasteiger partial charge on any atom is 0.200 e. The molecule has 1 aromatic heterocycles. The molecule has 2 aromatic rings. The highest BCUT2D eigenvalue weighted by molar-refractivity contribution is 6.30. The van der Waals surface area contributed by atoms with Crippen LogP contribution in [0.2, 0.25) is 5.02 Å². The van der Waals surface area contributed by atoms with Gasteiger partial charge in [-0.25, -0.2) is 4.98 Å². The van der Waals surface area contributed by atoms with E-state index in [1.165, 1.54) is 5.56 Å². The van der Waals surface area contributed by atoms with E-state index in [4.69, 9.17) is 17.3 Å². The van der Waals surface area contributed by atoms with Crippen LogP contribution < -0.4 is 5.73 Å². The number of aromatic nitrogens is 2. The minimum Gasteiger partial charge on any atom is -0.369 e. The lowest BCUT2D eigenvalue weighted by Gasteiger charge is -2.04. The average molecular weight is 222 g/mol. The van der Waals surface area contributed by atoms with Crippen LogP contribution in [-0.4, -0.2) is 9.55 Å². The van der Waals surface area contributed by atoms with Gasteiger partial charge in [0.25, 0.3) is 0 Å². The van der Waals surface area contributed by atoms with Crippen LogP contribution in [0.25, 0.3) is 0 Å². The molecule has 0 spiro atoms. The minimum atomic E-state index is 0.559. The van der Waals surface area contributed by atoms with E-state index < -0.39 is 0 Å². The van der Waals surface area contributed by atoms with Crippen molar-refractivity contribution in [3.8, 4) is 0 Å². The Morgan fingerprint density at radius 2 is 2.00 bits per heavy atom. The monoisotopic (exact) mass is 221 g/mol.